The van der Waals surface area contributed by atoms with Crippen LogP contribution in [0.4, 0.5) is 0 Å². The van der Waals surface area contributed by atoms with Gasteiger partial charge in [-0.25, -0.2) is 13.2 Å². The first-order valence-electron chi connectivity index (χ1n) is 8.05. The molecule has 2 aromatic rings. The molecule has 2 aromatic carbocycles. The van der Waals surface area contributed by atoms with Crippen molar-refractivity contribution in [3.8, 4) is 11.5 Å². The highest BCUT2D eigenvalue weighted by molar-refractivity contribution is 7.90. The summed E-state index contributed by atoms with van der Waals surface area (Å²) in [5, 5.41) is 0.0130. The second kappa shape index (κ2) is 8.62. The van der Waals surface area contributed by atoms with Gasteiger partial charge in [-0.05, 0) is 37.3 Å². The summed E-state index contributed by atoms with van der Waals surface area (Å²) < 4.78 is 38.8. The standard InChI is InChI=1S/C19H19ClO7S/c1-11(18(21)14-7-5-12(25-2)9-17(14)26-3)27-19(22)15-10-13(28(4,23)24)6-8-16(15)20/h5-11H,1-4H3/t11-/m1/s1. The number of Topliss-reactive ketones (excluding diaryl/α,β-unsaturated/α-hetero) is 1. The molecule has 0 heterocycles. The molecule has 1 atom stereocenters. The number of rotatable bonds is 7. The number of benzene rings is 2. The number of ether oxygens (including phenoxy) is 3. The molecule has 2 rings (SSSR count). The van der Waals surface area contributed by atoms with E-state index in [1.54, 1.807) is 6.07 Å². The zero-order chi connectivity index (χ0) is 21.1. The van der Waals surface area contributed by atoms with Gasteiger partial charge in [0.05, 0.1) is 35.3 Å². The van der Waals surface area contributed by atoms with Crippen LogP contribution in [-0.2, 0) is 14.6 Å². The first kappa shape index (κ1) is 21.7. The largest absolute Gasteiger partial charge is 0.497 e. The number of halogens is 1. The fourth-order valence-electron chi connectivity index (χ4n) is 2.39. The highest BCUT2D eigenvalue weighted by Crippen LogP contribution is 2.27. The molecule has 0 fully saturated rings. The lowest BCUT2D eigenvalue weighted by Crippen LogP contribution is -2.25. The molecule has 0 spiro atoms. The maximum atomic E-state index is 12.7. The Morgan fingerprint density at radius 3 is 2.25 bits per heavy atom. The minimum atomic E-state index is -3.54. The summed E-state index contributed by atoms with van der Waals surface area (Å²) in [5.74, 6) is -0.640. The number of methoxy groups -OCH3 is 2. The third-order valence-corrected chi connectivity index (χ3v) is 5.35. The Morgan fingerprint density at radius 2 is 1.68 bits per heavy atom. The number of sulfone groups is 1. The van der Waals surface area contributed by atoms with E-state index in [-0.39, 0.29) is 26.8 Å². The lowest BCUT2D eigenvalue weighted by atomic mass is 10.1. The Morgan fingerprint density at radius 1 is 1.00 bits per heavy atom. The van der Waals surface area contributed by atoms with Gasteiger partial charge in [0.1, 0.15) is 11.5 Å². The maximum Gasteiger partial charge on any atom is 0.340 e. The Balaban J connectivity index is 2.27. The van der Waals surface area contributed by atoms with E-state index in [0.717, 1.165) is 12.3 Å². The quantitative estimate of drug-likeness (QED) is 0.495. The van der Waals surface area contributed by atoms with E-state index in [1.165, 1.54) is 45.4 Å². The molecule has 0 saturated heterocycles. The highest BCUT2D eigenvalue weighted by Gasteiger charge is 2.25. The lowest BCUT2D eigenvalue weighted by molar-refractivity contribution is 0.0317. The van der Waals surface area contributed by atoms with Gasteiger partial charge in [-0.15, -0.1) is 0 Å². The van der Waals surface area contributed by atoms with Crippen molar-refractivity contribution in [1.82, 2.24) is 0 Å². The zero-order valence-corrected chi connectivity index (χ0v) is 17.3. The van der Waals surface area contributed by atoms with Crippen LogP contribution < -0.4 is 9.47 Å². The molecule has 0 N–H and O–H groups in total. The zero-order valence-electron chi connectivity index (χ0n) is 15.7. The van der Waals surface area contributed by atoms with Crippen LogP contribution in [-0.4, -0.2) is 46.7 Å². The molecule has 0 aliphatic rings. The van der Waals surface area contributed by atoms with Crippen molar-refractivity contribution in [1.29, 1.82) is 0 Å². The summed E-state index contributed by atoms with van der Waals surface area (Å²) in [7, 11) is -0.658. The highest BCUT2D eigenvalue weighted by atomic mass is 35.5. The average molecular weight is 427 g/mol. The second-order valence-electron chi connectivity index (χ2n) is 5.89. The predicted molar refractivity (Wildman–Crippen MR) is 103 cm³/mol. The molecule has 0 unspecified atom stereocenters. The van der Waals surface area contributed by atoms with E-state index < -0.39 is 27.7 Å². The van der Waals surface area contributed by atoms with Crippen LogP contribution in [0.5, 0.6) is 11.5 Å². The van der Waals surface area contributed by atoms with E-state index >= 15 is 0 Å². The van der Waals surface area contributed by atoms with Crippen LogP contribution in [0.1, 0.15) is 27.6 Å². The third kappa shape index (κ3) is 4.82. The predicted octanol–water partition coefficient (Wildman–Crippen LogP) is 3.19. The summed E-state index contributed by atoms with van der Waals surface area (Å²) in [4.78, 5) is 25.0. The molecular weight excluding hydrogens is 408 g/mol. The van der Waals surface area contributed by atoms with Crippen LogP contribution in [0, 0.1) is 0 Å². The molecule has 0 saturated carbocycles. The minimum Gasteiger partial charge on any atom is -0.497 e. The molecule has 0 aliphatic carbocycles. The van der Waals surface area contributed by atoms with Crippen LogP contribution in [0.25, 0.3) is 0 Å². The van der Waals surface area contributed by atoms with Gasteiger partial charge < -0.3 is 14.2 Å². The fraction of sp³-hybridized carbons (Fsp3) is 0.263. The van der Waals surface area contributed by atoms with Crippen molar-refractivity contribution in [2.75, 3.05) is 20.5 Å². The number of esters is 1. The van der Waals surface area contributed by atoms with Crippen molar-refractivity contribution in [3.05, 3.63) is 52.5 Å². The summed E-state index contributed by atoms with van der Waals surface area (Å²) >= 11 is 5.99. The Kier molecular flexibility index (Phi) is 6.69. The van der Waals surface area contributed by atoms with Gasteiger partial charge in [-0.3, -0.25) is 4.79 Å². The maximum absolute atomic E-state index is 12.7. The van der Waals surface area contributed by atoms with Gasteiger partial charge >= 0.3 is 5.97 Å². The summed E-state index contributed by atoms with van der Waals surface area (Å²) in [5.41, 5.74) is 0.0607. The molecule has 7 nitrogen and oxygen atoms in total. The normalized spacial score (nSPS) is 12.2. The molecule has 28 heavy (non-hydrogen) atoms. The number of carbonyl (C=O) groups is 2. The average Bonchev–Trinajstić information content (AvgIpc) is 2.65. The molecule has 0 aliphatic heterocycles. The Labute approximate surface area is 168 Å². The minimum absolute atomic E-state index is 0.0130. The van der Waals surface area contributed by atoms with Gasteiger partial charge in [0.25, 0.3) is 0 Å². The van der Waals surface area contributed by atoms with E-state index in [4.69, 9.17) is 25.8 Å². The van der Waals surface area contributed by atoms with Crippen molar-refractivity contribution in [2.45, 2.75) is 17.9 Å². The van der Waals surface area contributed by atoms with Crippen molar-refractivity contribution >= 4 is 33.2 Å². The number of hydrogen-bond donors (Lipinski definition) is 0. The van der Waals surface area contributed by atoms with E-state index in [1.807, 2.05) is 0 Å². The van der Waals surface area contributed by atoms with Gasteiger partial charge in [-0.2, -0.15) is 0 Å². The molecule has 150 valence electrons. The van der Waals surface area contributed by atoms with Crippen LogP contribution in [0.3, 0.4) is 0 Å². The van der Waals surface area contributed by atoms with Crippen LogP contribution in [0.15, 0.2) is 41.3 Å². The van der Waals surface area contributed by atoms with Crippen LogP contribution >= 0.6 is 11.6 Å². The summed E-state index contributed by atoms with van der Waals surface area (Å²) in [6.45, 7) is 1.40. The van der Waals surface area contributed by atoms with Crippen molar-refractivity contribution in [3.63, 3.8) is 0 Å². The Hall–Kier alpha value is -2.58. The van der Waals surface area contributed by atoms with Gasteiger partial charge in [-0.1, -0.05) is 11.6 Å². The first-order valence-corrected chi connectivity index (χ1v) is 10.3. The Bertz CT molecular complexity index is 1010. The summed E-state index contributed by atoms with van der Waals surface area (Å²) in [6.07, 6.45) is -0.152. The number of ketones is 1. The molecule has 9 heteroatoms. The van der Waals surface area contributed by atoms with E-state index in [2.05, 4.69) is 0 Å². The smallest absolute Gasteiger partial charge is 0.340 e. The van der Waals surface area contributed by atoms with Gasteiger partial charge in [0.15, 0.2) is 15.9 Å². The summed E-state index contributed by atoms with van der Waals surface area (Å²) in [6, 6.07) is 8.30. The van der Waals surface area contributed by atoms with Crippen molar-refractivity contribution < 1.29 is 32.2 Å². The number of hydrogen-bond acceptors (Lipinski definition) is 7. The van der Waals surface area contributed by atoms with Gasteiger partial charge in [0, 0.05) is 12.3 Å². The molecule has 0 aromatic heterocycles. The van der Waals surface area contributed by atoms with E-state index in [9.17, 15) is 18.0 Å². The molecule has 0 amide bonds. The fourth-order valence-corrected chi connectivity index (χ4v) is 3.23. The molecule has 0 bridgehead atoms. The first-order chi connectivity index (χ1) is 13.1. The SMILES string of the molecule is COc1ccc(C(=O)[C@@H](C)OC(=O)c2cc(S(C)(=O)=O)ccc2Cl)c(OC)c1. The van der Waals surface area contributed by atoms with Gasteiger partial charge in [0.2, 0.25) is 5.78 Å². The monoisotopic (exact) mass is 426 g/mol. The van der Waals surface area contributed by atoms with Crippen molar-refractivity contribution in [2.24, 2.45) is 0 Å². The topological polar surface area (TPSA) is 96.0 Å². The second-order valence-corrected chi connectivity index (χ2v) is 8.31. The lowest BCUT2D eigenvalue weighted by Gasteiger charge is -2.15. The molecular formula is C19H19ClO7S. The third-order valence-electron chi connectivity index (χ3n) is 3.91. The van der Waals surface area contributed by atoms with E-state index in [0.29, 0.717) is 5.75 Å². The van der Waals surface area contributed by atoms with Crippen LogP contribution in [0.2, 0.25) is 5.02 Å². The number of carbonyl (C=O) groups excluding carboxylic acids is 2. The molecule has 0 radical (unpaired) electrons.